The highest BCUT2D eigenvalue weighted by Crippen LogP contribution is 2.75. The molecule has 0 radical (unpaired) electrons. The van der Waals surface area contributed by atoms with Crippen molar-refractivity contribution >= 4 is 15.9 Å². The van der Waals surface area contributed by atoms with Gasteiger partial charge in [-0.2, -0.15) is 0 Å². The number of hydrogen-bond donors (Lipinski definition) is 2. The van der Waals surface area contributed by atoms with E-state index in [9.17, 15) is 10.2 Å². The van der Waals surface area contributed by atoms with Crippen LogP contribution in [0.25, 0.3) is 0 Å². The molecule has 190 valence electrons. The van der Waals surface area contributed by atoms with E-state index in [0.29, 0.717) is 23.7 Å². The van der Waals surface area contributed by atoms with E-state index in [0.717, 1.165) is 44.9 Å². The van der Waals surface area contributed by atoms with Crippen LogP contribution < -0.4 is 0 Å². The van der Waals surface area contributed by atoms with Gasteiger partial charge in [0.2, 0.25) is 0 Å². The maximum atomic E-state index is 11.7. The molecule has 5 rings (SSSR count). The Hall–Kier alpha value is 0.320. The van der Waals surface area contributed by atoms with E-state index in [1.54, 1.807) is 0 Å². The van der Waals surface area contributed by atoms with E-state index in [-0.39, 0.29) is 45.7 Å². The van der Waals surface area contributed by atoms with E-state index in [1.165, 1.54) is 12.8 Å². The van der Waals surface area contributed by atoms with E-state index >= 15 is 0 Å². The first kappa shape index (κ1) is 25.0. The highest BCUT2D eigenvalue weighted by molar-refractivity contribution is 9.09. The molecule has 0 bridgehead atoms. The Balaban J connectivity index is 1.50. The average molecular weight is 528 g/mol. The Morgan fingerprint density at radius 3 is 2.45 bits per heavy atom. The molecule has 2 aliphatic heterocycles. The highest BCUT2D eigenvalue weighted by Gasteiger charge is 2.81. The molecule has 2 heterocycles. The second kappa shape index (κ2) is 8.16. The van der Waals surface area contributed by atoms with Gasteiger partial charge < -0.3 is 19.7 Å². The minimum Gasteiger partial charge on any atom is -0.393 e. The predicted molar refractivity (Wildman–Crippen MR) is 134 cm³/mol. The summed E-state index contributed by atoms with van der Waals surface area (Å²) in [4.78, 5) is 0.176. The number of aliphatic hydroxyl groups is 2. The number of aliphatic hydroxyl groups excluding tert-OH is 2. The van der Waals surface area contributed by atoms with Crippen LogP contribution in [0.15, 0.2) is 0 Å². The quantitative estimate of drug-likeness (QED) is 0.427. The Morgan fingerprint density at radius 1 is 1.06 bits per heavy atom. The van der Waals surface area contributed by atoms with Crippen molar-refractivity contribution in [2.75, 3.05) is 0 Å². The van der Waals surface area contributed by atoms with Gasteiger partial charge in [0.25, 0.3) is 0 Å². The summed E-state index contributed by atoms with van der Waals surface area (Å²) in [7, 11) is 0. The molecule has 2 saturated heterocycles. The first-order valence-electron chi connectivity index (χ1n) is 13.8. The molecule has 5 aliphatic rings. The molecule has 12 unspecified atom stereocenters. The molecule has 0 aromatic carbocycles. The molecular weight excluding hydrogens is 480 g/mol. The number of alkyl halides is 1. The number of ether oxygens (including phenoxy) is 2. The van der Waals surface area contributed by atoms with Gasteiger partial charge in [-0.15, -0.1) is 0 Å². The second-order valence-corrected chi connectivity index (χ2v) is 14.6. The SMILES string of the molecule is CCC1C2(C)CCC(O)CC2CC(Br)C12OC1OC(C)(CCCC(C)C)C3CC(O)C2C13C. The molecule has 3 saturated carbocycles. The molecule has 33 heavy (non-hydrogen) atoms. The molecule has 0 amide bonds. The van der Waals surface area contributed by atoms with Crippen LogP contribution in [0.3, 0.4) is 0 Å². The number of fused-ring (bicyclic) bond motifs is 2. The van der Waals surface area contributed by atoms with E-state index in [1.807, 2.05) is 0 Å². The molecular formula is C28H47BrO4. The van der Waals surface area contributed by atoms with Crippen molar-refractivity contribution in [3.05, 3.63) is 0 Å². The van der Waals surface area contributed by atoms with Crippen molar-refractivity contribution in [3.8, 4) is 0 Å². The summed E-state index contributed by atoms with van der Waals surface area (Å²) < 4.78 is 14.1. The Kier molecular flexibility index (Phi) is 6.18. The minimum atomic E-state index is -0.408. The van der Waals surface area contributed by atoms with Gasteiger partial charge in [0.15, 0.2) is 6.29 Å². The van der Waals surface area contributed by atoms with Crippen LogP contribution in [0.1, 0.15) is 99.3 Å². The van der Waals surface area contributed by atoms with E-state index in [4.69, 9.17) is 9.47 Å². The lowest BCUT2D eigenvalue weighted by Crippen LogP contribution is -2.65. The van der Waals surface area contributed by atoms with Crippen molar-refractivity contribution in [3.63, 3.8) is 0 Å². The van der Waals surface area contributed by atoms with Gasteiger partial charge in [-0.3, -0.25) is 0 Å². The fourth-order valence-electron chi connectivity index (χ4n) is 9.97. The lowest BCUT2D eigenvalue weighted by atomic mass is 9.47. The van der Waals surface area contributed by atoms with Crippen LogP contribution in [-0.2, 0) is 9.47 Å². The van der Waals surface area contributed by atoms with Gasteiger partial charge >= 0.3 is 0 Å². The largest absolute Gasteiger partial charge is 0.393 e. The molecule has 4 nitrogen and oxygen atoms in total. The van der Waals surface area contributed by atoms with Gasteiger partial charge in [-0.25, -0.2) is 0 Å². The number of halogens is 1. The zero-order valence-corrected chi connectivity index (χ0v) is 23.2. The van der Waals surface area contributed by atoms with Crippen molar-refractivity contribution in [1.29, 1.82) is 0 Å². The van der Waals surface area contributed by atoms with Crippen molar-refractivity contribution in [2.45, 2.75) is 134 Å². The Bertz CT molecular complexity index is 760. The normalized spacial score (nSPS) is 57.6. The highest BCUT2D eigenvalue weighted by atomic mass is 79.9. The van der Waals surface area contributed by atoms with Crippen LogP contribution in [0.2, 0.25) is 0 Å². The Morgan fingerprint density at radius 2 is 1.79 bits per heavy atom. The third kappa shape index (κ3) is 3.27. The fraction of sp³-hybridized carbons (Fsp3) is 1.00. The zero-order chi connectivity index (χ0) is 24.0. The molecule has 12 atom stereocenters. The fourth-order valence-corrected chi connectivity index (χ4v) is 11.1. The first-order chi connectivity index (χ1) is 15.4. The number of rotatable bonds is 5. The van der Waals surface area contributed by atoms with Crippen LogP contribution in [0.5, 0.6) is 0 Å². The summed E-state index contributed by atoms with van der Waals surface area (Å²) in [5.41, 5.74) is -0.644. The lowest BCUT2D eigenvalue weighted by molar-refractivity contribution is -0.250. The van der Waals surface area contributed by atoms with Crippen molar-refractivity contribution in [1.82, 2.24) is 0 Å². The monoisotopic (exact) mass is 526 g/mol. The van der Waals surface area contributed by atoms with Crippen LogP contribution in [0.4, 0.5) is 0 Å². The maximum Gasteiger partial charge on any atom is 0.165 e. The third-order valence-corrected chi connectivity index (χ3v) is 12.5. The van der Waals surface area contributed by atoms with Gasteiger partial charge in [0.05, 0.1) is 23.4 Å². The maximum absolute atomic E-state index is 11.7. The van der Waals surface area contributed by atoms with E-state index in [2.05, 4.69) is 57.5 Å². The van der Waals surface area contributed by atoms with Crippen LogP contribution >= 0.6 is 15.9 Å². The first-order valence-corrected chi connectivity index (χ1v) is 14.7. The molecule has 5 heteroatoms. The van der Waals surface area contributed by atoms with Crippen LogP contribution in [0, 0.1) is 40.4 Å². The summed E-state index contributed by atoms with van der Waals surface area (Å²) in [5.74, 6) is 1.96. The molecule has 0 aromatic rings. The van der Waals surface area contributed by atoms with E-state index < -0.39 is 5.60 Å². The van der Waals surface area contributed by atoms with Gasteiger partial charge in [-0.1, -0.05) is 63.4 Å². The third-order valence-electron chi connectivity index (χ3n) is 11.4. The van der Waals surface area contributed by atoms with Crippen molar-refractivity contribution in [2.24, 2.45) is 40.4 Å². The molecule has 0 aromatic heterocycles. The second-order valence-electron chi connectivity index (χ2n) is 13.5. The summed E-state index contributed by atoms with van der Waals surface area (Å²) in [6.07, 6.45) is 8.37. The molecule has 2 N–H and O–H groups in total. The lowest BCUT2D eigenvalue weighted by Gasteiger charge is -2.62. The molecule has 1 spiro atoms. The summed E-state index contributed by atoms with van der Waals surface area (Å²) in [5, 5.41) is 22.1. The number of hydrogen-bond acceptors (Lipinski definition) is 4. The van der Waals surface area contributed by atoms with Gasteiger partial charge in [-0.05, 0) is 75.0 Å². The van der Waals surface area contributed by atoms with Crippen LogP contribution in [-0.4, -0.2) is 44.7 Å². The van der Waals surface area contributed by atoms with Gasteiger partial charge in [0, 0.05) is 22.1 Å². The average Bonchev–Trinajstić information content (AvgIpc) is 3.23. The zero-order valence-electron chi connectivity index (χ0n) is 21.6. The minimum absolute atomic E-state index is 0.0888. The standard InChI is InChI=1S/C28H47BrO4/c1-7-20-25(4)12-10-18(30)13-17(25)14-22(29)28(20)23-19(31)15-21-26(5,11-8-9-16(2)3)32-24(33-28)27(21,23)6/h16-24,30-31H,7-15H2,1-6H3. The summed E-state index contributed by atoms with van der Waals surface area (Å²) in [6.45, 7) is 14.0. The van der Waals surface area contributed by atoms with Crippen molar-refractivity contribution < 1.29 is 19.7 Å². The topological polar surface area (TPSA) is 58.9 Å². The summed E-state index contributed by atoms with van der Waals surface area (Å²) >= 11 is 4.13. The molecule has 5 fully saturated rings. The molecule has 3 aliphatic carbocycles. The predicted octanol–water partition coefficient (Wildman–Crippen LogP) is 6.06. The Labute approximate surface area is 209 Å². The summed E-state index contributed by atoms with van der Waals surface area (Å²) in [6, 6.07) is 0. The smallest absolute Gasteiger partial charge is 0.165 e. The van der Waals surface area contributed by atoms with Gasteiger partial charge in [0.1, 0.15) is 0 Å².